The van der Waals surface area contributed by atoms with Crippen molar-refractivity contribution in [3.05, 3.63) is 120 Å². The maximum Gasteiger partial charge on any atom is 0.282 e. The minimum absolute atomic E-state index is 0.0272. The van der Waals surface area contributed by atoms with Crippen molar-refractivity contribution in [2.24, 2.45) is 7.05 Å². The molecule has 5 aromatic rings. The van der Waals surface area contributed by atoms with Crippen LogP contribution < -0.4 is 34.8 Å². The molecule has 4 aromatic carbocycles. The van der Waals surface area contributed by atoms with Gasteiger partial charge in [0.05, 0.1) is 37.2 Å². The molecule has 324 valence electrons. The summed E-state index contributed by atoms with van der Waals surface area (Å²) in [6.07, 6.45) is 9.37. The molecular formula is C48H57N8O4S2+. The molecule has 0 saturated carbocycles. The highest BCUT2D eigenvalue weighted by Gasteiger charge is 2.33. The first-order chi connectivity index (χ1) is 30.2. The van der Waals surface area contributed by atoms with Gasteiger partial charge in [-0.25, -0.2) is 9.13 Å². The number of hydrogen-bond donors (Lipinski definition) is 4. The predicted octanol–water partition coefficient (Wildman–Crippen LogP) is 5.39. The van der Waals surface area contributed by atoms with Gasteiger partial charge >= 0.3 is 0 Å². The Morgan fingerprint density at radius 2 is 1.26 bits per heavy atom. The van der Waals surface area contributed by atoms with Crippen LogP contribution in [0.25, 0.3) is 29.3 Å². The maximum atomic E-state index is 13.3. The number of aliphatic hydroxyl groups excluding tert-OH is 2. The van der Waals surface area contributed by atoms with E-state index >= 15 is 0 Å². The number of likely N-dealkylation sites (N-methyl/N-ethyl adjacent to an activating group) is 1. The first-order valence-electron chi connectivity index (χ1n) is 21.5. The van der Waals surface area contributed by atoms with Crippen LogP contribution in [0, 0.1) is 0 Å². The van der Waals surface area contributed by atoms with Crippen LogP contribution in [0.1, 0.15) is 29.8 Å². The average Bonchev–Trinajstić information content (AvgIpc) is 4.05. The lowest BCUT2D eigenvalue weighted by Gasteiger charge is -2.28. The lowest BCUT2D eigenvalue weighted by molar-refractivity contribution is -0.647. The van der Waals surface area contributed by atoms with E-state index in [-0.39, 0.29) is 43.3 Å². The van der Waals surface area contributed by atoms with E-state index < -0.39 is 0 Å². The molecule has 2 fully saturated rings. The highest BCUT2D eigenvalue weighted by atomic mass is 33.1. The van der Waals surface area contributed by atoms with Gasteiger partial charge in [-0.2, -0.15) is 0 Å². The Hall–Kier alpha value is -5.41. The zero-order valence-corrected chi connectivity index (χ0v) is 37.1. The summed E-state index contributed by atoms with van der Waals surface area (Å²) in [4.78, 5) is 35.3. The summed E-state index contributed by atoms with van der Waals surface area (Å²) in [6, 6.07) is 33.1. The average molecular weight is 874 g/mol. The normalized spacial score (nSPS) is 18.8. The number of anilines is 4. The predicted molar refractivity (Wildman–Crippen MR) is 257 cm³/mol. The van der Waals surface area contributed by atoms with Crippen LogP contribution in [0.3, 0.4) is 0 Å². The molecule has 3 aliphatic rings. The van der Waals surface area contributed by atoms with Crippen molar-refractivity contribution in [1.82, 2.24) is 15.2 Å². The van der Waals surface area contributed by atoms with Crippen LogP contribution in [0.5, 0.6) is 0 Å². The number of aryl methyl sites for hydroxylation is 1. The van der Waals surface area contributed by atoms with Crippen LogP contribution in [0.4, 0.5) is 22.7 Å². The Balaban J connectivity index is 0.774. The molecule has 8 rings (SSSR count). The van der Waals surface area contributed by atoms with E-state index in [1.807, 2.05) is 37.4 Å². The lowest BCUT2D eigenvalue weighted by atomic mass is 10.1. The summed E-state index contributed by atoms with van der Waals surface area (Å²) in [6.45, 7) is 4.62. The van der Waals surface area contributed by atoms with Gasteiger partial charge in [-0.15, -0.1) is 0 Å². The Kier molecular flexibility index (Phi) is 14.1. The molecule has 0 aliphatic carbocycles. The second kappa shape index (κ2) is 20.2. The van der Waals surface area contributed by atoms with E-state index in [0.29, 0.717) is 26.2 Å². The third-order valence-corrected chi connectivity index (χ3v) is 14.3. The molecule has 0 spiro atoms. The highest BCUT2D eigenvalue weighted by molar-refractivity contribution is 8.76. The summed E-state index contributed by atoms with van der Waals surface area (Å²) in [7, 11) is 7.46. The number of amides is 2. The minimum atomic E-state index is -0.261. The third kappa shape index (κ3) is 10.3. The summed E-state index contributed by atoms with van der Waals surface area (Å²) in [5.41, 5.74) is 8.54. The fraction of sp³-hybridized carbons (Fsp3) is 0.354. The van der Waals surface area contributed by atoms with E-state index in [1.54, 1.807) is 21.6 Å². The Labute approximate surface area is 372 Å². The van der Waals surface area contributed by atoms with E-state index in [2.05, 4.69) is 137 Å². The molecule has 12 nitrogen and oxygen atoms in total. The second-order valence-corrected chi connectivity index (χ2v) is 18.8. The second-order valence-electron chi connectivity index (χ2n) is 16.1. The van der Waals surface area contributed by atoms with Gasteiger partial charge in [0, 0.05) is 75.3 Å². The number of benzene rings is 4. The summed E-state index contributed by atoms with van der Waals surface area (Å²) in [5, 5.41) is 26.1. The number of nitrogens with zero attached hydrogens (tertiary/aromatic N) is 6. The lowest BCUT2D eigenvalue weighted by Crippen LogP contribution is -2.45. The molecule has 4 N–H and O–H groups in total. The Morgan fingerprint density at radius 3 is 1.85 bits per heavy atom. The largest absolute Gasteiger partial charge is 0.391 e. The van der Waals surface area contributed by atoms with Crippen LogP contribution >= 0.6 is 21.6 Å². The fourth-order valence-corrected chi connectivity index (χ4v) is 10.4. The van der Waals surface area contributed by atoms with Crippen molar-refractivity contribution in [2.45, 2.75) is 37.8 Å². The van der Waals surface area contributed by atoms with Gasteiger partial charge in [0.15, 0.2) is 17.6 Å². The first-order valence-corrected chi connectivity index (χ1v) is 24.0. The van der Waals surface area contributed by atoms with Crippen molar-refractivity contribution in [3.63, 3.8) is 0 Å². The topological polar surface area (TPSA) is 120 Å². The smallest absolute Gasteiger partial charge is 0.282 e. The number of imidazole rings is 1. The molecular weight excluding hydrogens is 817 g/mol. The first kappa shape index (κ1) is 43.2. The van der Waals surface area contributed by atoms with Gasteiger partial charge in [-0.05, 0) is 84.7 Å². The van der Waals surface area contributed by atoms with Gasteiger partial charge in [0.2, 0.25) is 5.91 Å². The number of para-hydroxylation sites is 4. The van der Waals surface area contributed by atoms with Crippen molar-refractivity contribution in [2.75, 3.05) is 84.0 Å². The molecule has 14 heteroatoms. The molecule has 1 aromatic heterocycles. The third-order valence-electron chi connectivity index (χ3n) is 11.9. The molecule has 1 unspecified atom stereocenters. The number of aromatic nitrogens is 2. The number of rotatable bonds is 17. The molecule has 4 heterocycles. The van der Waals surface area contributed by atoms with Gasteiger partial charge in [-0.1, -0.05) is 76.2 Å². The SMILES string of the molecule is CN1c2ccccc2N(CC(=O)NCCSSCCNC(=O)Cn2c(/C=C/c3ccc(N4CC[C@@H](O)C4)cc3)[n+](C)c3ccccc32)C1/C=C/c1ccc(N2CC[C@@H](O)C2)cc1. The molecule has 3 atom stereocenters. The zero-order chi connectivity index (χ0) is 43.0. The van der Waals surface area contributed by atoms with Crippen molar-refractivity contribution in [3.8, 4) is 0 Å². The monoisotopic (exact) mass is 873 g/mol. The van der Waals surface area contributed by atoms with Crippen LogP contribution in [0.2, 0.25) is 0 Å². The minimum Gasteiger partial charge on any atom is -0.391 e. The van der Waals surface area contributed by atoms with Crippen LogP contribution in [-0.4, -0.2) is 109 Å². The van der Waals surface area contributed by atoms with Gasteiger partial charge in [0.1, 0.15) is 6.17 Å². The number of hydrogen-bond acceptors (Lipinski definition) is 10. The number of carbonyl (C=O) groups excluding carboxylic acids is 2. The number of aliphatic hydroxyl groups is 2. The number of nitrogens with one attached hydrogen (secondary N) is 2. The van der Waals surface area contributed by atoms with E-state index in [0.717, 1.165) is 88.2 Å². The van der Waals surface area contributed by atoms with E-state index in [1.165, 1.54) is 0 Å². The molecule has 3 aliphatic heterocycles. The van der Waals surface area contributed by atoms with Gasteiger partial charge < -0.3 is 40.4 Å². The van der Waals surface area contributed by atoms with Crippen LogP contribution in [0.15, 0.2) is 103 Å². The fourth-order valence-electron chi connectivity index (χ4n) is 8.59. The number of β-amino-alcohol motifs (C(OH)–C–C–N with tert-alkyl or cyclic N) is 2. The van der Waals surface area contributed by atoms with Gasteiger partial charge in [0.25, 0.3) is 11.7 Å². The molecule has 62 heavy (non-hydrogen) atoms. The number of fused-ring (bicyclic) bond motifs is 2. The summed E-state index contributed by atoms with van der Waals surface area (Å²) >= 11 is 0. The van der Waals surface area contributed by atoms with Crippen molar-refractivity contribution >= 4 is 85.4 Å². The molecule has 2 amide bonds. The maximum absolute atomic E-state index is 13.3. The Bertz CT molecular complexity index is 2390. The zero-order valence-electron chi connectivity index (χ0n) is 35.5. The highest BCUT2D eigenvalue weighted by Crippen LogP contribution is 2.39. The quantitative estimate of drug-likeness (QED) is 0.0551. The summed E-state index contributed by atoms with van der Waals surface area (Å²) < 4.78 is 4.18. The van der Waals surface area contributed by atoms with Crippen molar-refractivity contribution in [1.29, 1.82) is 0 Å². The van der Waals surface area contributed by atoms with Gasteiger partial charge in [-0.3, -0.25) is 9.59 Å². The Morgan fingerprint density at radius 1 is 0.710 bits per heavy atom. The molecule has 0 radical (unpaired) electrons. The molecule has 0 bridgehead atoms. The van der Waals surface area contributed by atoms with Crippen molar-refractivity contribution < 1.29 is 24.4 Å². The summed E-state index contributed by atoms with van der Waals surface area (Å²) in [5.74, 6) is 2.35. The van der Waals surface area contributed by atoms with E-state index in [9.17, 15) is 19.8 Å². The van der Waals surface area contributed by atoms with Crippen LogP contribution in [-0.2, 0) is 23.2 Å². The molecule has 2 saturated heterocycles. The standard InChI is InChI=1S/C48H56N8O4S2/c1-51-41-7-3-5-9-43(41)55(47(51)21-15-35-11-17-37(18-12-35)53-27-23-39(57)31-53)33-45(59)49-25-29-61-62-30-26-50-46(60)34-56-44-10-6-4-8-42(44)52(2)48(56)22-16-36-13-19-38(20-14-36)54-28-24-40(58)32-54/h3-22,39-40,47,57-58H,23-34H2,1-2H3,(H-,49,50,59,60)/p+1/b21-15+/t39-,40-,47?/m1/s1. The van der Waals surface area contributed by atoms with E-state index in [4.69, 9.17) is 0 Å². The number of carbonyl (C=O) groups is 2.